The van der Waals surface area contributed by atoms with E-state index in [1.54, 1.807) is 0 Å². The van der Waals surface area contributed by atoms with Gasteiger partial charge in [-0.2, -0.15) is 4.98 Å². The highest BCUT2D eigenvalue weighted by Crippen LogP contribution is 2.44. The van der Waals surface area contributed by atoms with E-state index in [0.717, 1.165) is 40.7 Å². The van der Waals surface area contributed by atoms with Crippen molar-refractivity contribution in [2.24, 2.45) is 5.92 Å². The van der Waals surface area contributed by atoms with E-state index in [1.165, 1.54) is 6.39 Å². The molecular formula is C23H23N3O3. The van der Waals surface area contributed by atoms with E-state index < -0.39 is 5.60 Å². The van der Waals surface area contributed by atoms with Gasteiger partial charge in [-0.3, -0.25) is 4.79 Å². The number of aliphatic hydroxyl groups is 1. The van der Waals surface area contributed by atoms with Gasteiger partial charge in [-0.25, -0.2) is 0 Å². The molecule has 0 unspecified atom stereocenters. The lowest BCUT2D eigenvalue weighted by Gasteiger charge is -2.37. The minimum absolute atomic E-state index is 0.0110. The summed E-state index contributed by atoms with van der Waals surface area (Å²) in [5.74, 6) is 0.928. The summed E-state index contributed by atoms with van der Waals surface area (Å²) in [5, 5.41) is 14.6. The topological polar surface area (TPSA) is 79.5 Å². The Morgan fingerprint density at radius 2 is 1.86 bits per heavy atom. The van der Waals surface area contributed by atoms with Crippen LogP contribution in [0.25, 0.3) is 22.5 Å². The molecule has 29 heavy (non-hydrogen) atoms. The highest BCUT2D eigenvalue weighted by atomic mass is 16.5. The fraction of sp³-hybridized carbons (Fsp3) is 0.348. The molecule has 0 radical (unpaired) electrons. The molecule has 3 aromatic rings. The number of aromatic nitrogens is 2. The number of hydrogen-bond donors (Lipinski definition) is 1. The maximum Gasteiger partial charge on any atom is 0.255 e. The number of hydrogen-bond acceptors (Lipinski definition) is 5. The van der Waals surface area contributed by atoms with Crippen molar-refractivity contribution in [3.8, 4) is 22.5 Å². The molecule has 1 aliphatic carbocycles. The summed E-state index contributed by atoms with van der Waals surface area (Å²) in [5.41, 5.74) is 3.58. The van der Waals surface area contributed by atoms with E-state index in [0.29, 0.717) is 18.3 Å². The smallest absolute Gasteiger partial charge is 0.255 e. The van der Waals surface area contributed by atoms with Crippen LogP contribution in [0.15, 0.2) is 53.4 Å². The van der Waals surface area contributed by atoms with Crippen molar-refractivity contribution in [1.29, 1.82) is 0 Å². The van der Waals surface area contributed by atoms with Crippen molar-refractivity contribution in [3.63, 3.8) is 0 Å². The fourth-order valence-electron chi connectivity index (χ4n) is 4.57. The second kappa shape index (κ2) is 6.52. The maximum atomic E-state index is 13.4. The largest absolute Gasteiger partial charge is 0.388 e. The molecule has 1 aliphatic heterocycles. The first kappa shape index (κ1) is 18.1. The van der Waals surface area contributed by atoms with Crippen molar-refractivity contribution in [2.75, 3.05) is 0 Å². The molecule has 6 nitrogen and oxygen atoms in total. The quantitative estimate of drug-likeness (QED) is 0.716. The minimum Gasteiger partial charge on any atom is -0.388 e. The predicted molar refractivity (Wildman–Crippen MR) is 108 cm³/mol. The zero-order chi connectivity index (χ0) is 20.2. The van der Waals surface area contributed by atoms with Crippen LogP contribution in [0.3, 0.4) is 0 Å². The molecule has 1 atom stereocenters. The third-order valence-electron chi connectivity index (χ3n) is 5.91. The maximum absolute atomic E-state index is 13.4. The molecule has 0 saturated heterocycles. The average molecular weight is 389 g/mol. The summed E-state index contributed by atoms with van der Waals surface area (Å²) in [7, 11) is 0. The Balaban J connectivity index is 1.50. The lowest BCUT2D eigenvalue weighted by molar-refractivity contribution is -0.0224. The average Bonchev–Trinajstić information content (AvgIpc) is 3.24. The molecule has 1 saturated carbocycles. The monoisotopic (exact) mass is 389 g/mol. The minimum atomic E-state index is -0.925. The van der Waals surface area contributed by atoms with Gasteiger partial charge in [0.25, 0.3) is 5.91 Å². The second-order valence-electron chi connectivity index (χ2n) is 8.54. The van der Waals surface area contributed by atoms with Gasteiger partial charge in [0.05, 0.1) is 17.2 Å². The molecule has 1 amide bonds. The van der Waals surface area contributed by atoms with Crippen LogP contribution in [-0.4, -0.2) is 37.7 Å². The zero-order valence-corrected chi connectivity index (χ0v) is 16.5. The SMILES string of the molecule is CC(C)(O)[C@@H](C1CC1)N1Cc2cccc(-c3ccc(-c4ncon4)cc3)c2C1=O. The standard InChI is InChI=1S/C23H23N3O3/c1-23(2,28)20(15-8-9-15)26-12-17-4-3-5-18(19(17)22(26)27)14-6-10-16(11-7-14)21-24-13-29-25-21/h3-7,10-11,13,15,20,28H,8-9,12H2,1-2H3/t20-/m1/s1. The van der Waals surface area contributed by atoms with Gasteiger partial charge in [0.1, 0.15) is 0 Å². The number of carbonyl (C=O) groups excluding carboxylic acids is 1. The van der Waals surface area contributed by atoms with Crippen molar-refractivity contribution in [3.05, 3.63) is 60.0 Å². The molecular weight excluding hydrogens is 366 g/mol. The Morgan fingerprint density at radius 3 is 2.48 bits per heavy atom. The molecule has 6 heteroatoms. The van der Waals surface area contributed by atoms with E-state index in [-0.39, 0.29) is 11.9 Å². The number of nitrogens with zero attached hydrogens (tertiary/aromatic N) is 3. The third-order valence-corrected chi connectivity index (χ3v) is 5.91. The summed E-state index contributed by atoms with van der Waals surface area (Å²) in [4.78, 5) is 19.4. The molecule has 148 valence electrons. The predicted octanol–water partition coefficient (Wildman–Crippen LogP) is 3.91. The Morgan fingerprint density at radius 1 is 1.14 bits per heavy atom. The molecule has 0 bridgehead atoms. The fourth-order valence-corrected chi connectivity index (χ4v) is 4.57. The highest BCUT2D eigenvalue weighted by Gasteiger charge is 2.48. The third kappa shape index (κ3) is 3.13. The number of carbonyl (C=O) groups is 1. The van der Waals surface area contributed by atoms with Gasteiger partial charge in [-0.05, 0) is 49.3 Å². The van der Waals surface area contributed by atoms with Gasteiger partial charge in [0, 0.05) is 12.1 Å². The zero-order valence-electron chi connectivity index (χ0n) is 16.5. The normalized spacial score (nSPS) is 17.5. The van der Waals surface area contributed by atoms with E-state index in [1.807, 2.05) is 61.2 Å². The van der Waals surface area contributed by atoms with Gasteiger partial charge < -0.3 is 14.5 Å². The lowest BCUT2D eigenvalue weighted by atomic mass is 9.92. The van der Waals surface area contributed by atoms with Crippen molar-refractivity contribution < 1.29 is 14.4 Å². The Kier molecular flexibility index (Phi) is 4.06. The van der Waals surface area contributed by atoms with Gasteiger partial charge in [0.2, 0.25) is 12.2 Å². The van der Waals surface area contributed by atoms with Gasteiger partial charge >= 0.3 is 0 Å². The summed E-state index contributed by atoms with van der Waals surface area (Å²) in [6.45, 7) is 4.17. The van der Waals surface area contributed by atoms with E-state index in [2.05, 4.69) is 10.1 Å². The van der Waals surface area contributed by atoms with Crippen LogP contribution in [0.5, 0.6) is 0 Å². The van der Waals surface area contributed by atoms with Crippen molar-refractivity contribution in [1.82, 2.24) is 15.0 Å². The van der Waals surface area contributed by atoms with Crippen LogP contribution >= 0.6 is 0 Å². The first-order valence-electron chi connectivity index (χ1n) is 9.96. The molecule has 2 aliphatic rings. The Labute approximate surface area is 169 Å². The summed E-state index contributed by atoms with van der Waals surface area (Å²) in [6, 6.07) is 13.7. The molecule has 5 rings (SSSR count). The first-order valence-corrected chi connectivity index (χ1v) is 9.96. The molecule has 2 aromatic carbocycles. The molecule has 1 aromatic heterocycles. The number of benzene rings is 2. The van der Waals surface area contributed by atoms with Crippen LogP contribution < -0.4 is 0 Å². The van der Waals surface area contributed by atoms with Gasteiger partial charge in [0.15, 0.2) is 0 Å². The summed E-state index contributed by atoms with van der Waals surface area (Å²) < 4.78 is 4.81. The van der Waals surface area contributed by atoms with Crippen LogP contribution in [0.2, 0.25) is 0 Å². The number of fused-ring (bicyclic) bond motifs is 1. The second-order valence-corrected chi connectivity index (χ2v) is 8.54. The van der Waals surface area contributed by atoms with Crippen molar-refractivity contribution in [2.45, 2.75) is 44.9 Å². The molecule has 1 fully saturated rings. The van der Waals surface area contributed by atoms with Crippen LogP contribution in [0.1, 0.15) is 42.6 Å². The number of amides is 1. The highest BCUT2D eigenvalue weighted by molar-refractivity contribution is 6.04. The van der Waals surface area contributed by atoms with Crippen LogP contribution in [0.4, 0.5) is 0 Å². The summed E-state index contributed by atoms with van der Waals surface area (Å²) in [6.07, 6.45) is 3.44. The van der Waals surface area contributed by atoms with Crippen molar-refractivity contribution >= 4 is 5.91 Å². The molecule has 0 spiro atoms. The Bertz CT molecular complexity index is 1050. The lowest BCUT2D eigenvalue weighted by Crippen LogP contribution is -2.51. The Hall–Kier alpha value is -2.99. The number of rotatable bonds is 5. The first-order chi connectivity index (χ1) is 13.9. The van der Waals surface area contributed by atoms with E-state index in [9.17, 15) is 9.90 Å². The van der Waals surface area contributed by atoms with E-state index >= 15 is 0 Å². The summed E-state index contributed by atoms with van der Waals surface area (Å²) >= 11 is 0. The molecule has 1 N–H and O–H groups in total. The van der Waals surface area contributed by atoms with Crippen LogP contribution in [-0.2, 0) is 6.54 Å². The molecule has 2 heterocycles. The van der Waals surface area contributed by atoms with Crippen LogP contribution in [0, 0.1) is 5.92 Å². The van der Waals surface area contributed by atoms with Gasteiger partial charge in [-0.1, -0.05) is 47.6 Å². The van der Waals surface area contributed by atoms with E-state index in [4.69, 9.17) is 4.52 Å². The van der Waals surface area contributed by atoms with Gasteiger partial charge in [-0.15, -0.1) is 0 Å².